The van der Waals surface area contributed by atoms with Gasteiger partial charge in [-0.1, -0.05) is 15.9 Å². The van der Waals surface area contributed by atoms with Crippen molar-refractivity contribution >= 4 is 48.2 Å². The fourth-order valence-electron chi connectivity index (χ4n) is 1.92. The van der Waals surface area contributed by atoms with Crippen LogP contribution in [-0.4, -0.2) is 25.4 Å². The quantitative estimate of drug-likeness (QED) is 0.754. The molecule has 0 aliphatic heterocycles. The molecule has 8 heteroatoms. The van der Waals surface area contributed by atoms with E-state index < -0.39 is 10.0 Å². The fourth-order valence-corrected chi connectivity index (χ4v) is 4.43. The molecule has 0 saturated carbocycles. The van der Waals surface area contributed by atoms with Gasteiger partial charge in [-0.25, -0.2) is 23.1 Å². The van der Waals surface area contributed by atoms with Crippen molar-refractivity contribution in [2.45, 2.75) is 4.21 Å². The van der Waals surface area contributed by atoms with Crippen LogP contribution in [0, 0.1) is 0 Å². The van der Waals surface area contributed by atoms with E-state index in [4.69, 9.17) is 0 Å². The summed E-state index contributed by atoms with van der Waals surface area (Å²) in [5.74, 6) is 0. The van der Waals surface area contributed by atoms with Crippen LogP contribution in [0.3, 0.4) is 0 Å². The van der Waals surface area contributed by atoms with Crippen molar-refractivity contribution in [1.29, 1.82) is 0 Å². The Hall–Kier alpha value is -1.35. The molecule has 0 aliphatic carbocycles. The summed E-state index contributed by atoms with van der Waals surface area (Å²) in [6.45, 7) is 0. The predicted octanol–water partition coefficient (Wildman–Crippen LogP) is 3.03. The Labute approximate surface area is 134 Å². The average Bonchev–Trinajstić information content (AvgIpc) is 2.97. The van der Waals surface area contributed by atoms with Crippen molar-refractivity contribution in [2.75, 3.05) is 7.05 Å². The molecule has 2 heterocycles. The normalized spacial score (nSPS) is 11.9. The predicted molar refractivity (Wildman–Crippen MR) is 86.8 cm³/mol. The molecule has 0 unspecified atom stereocenters. The van der Waals surface area contributed by atoms with Gasteiger partial charge < -0.3 is 0 Å². The van der Waals surface area contributed by atoms with Crippen molar-refractivity contribution in [3.8, 4) is 10.6 Å². The topological polar surface area (TPSA) is 72.0 Å². The molecule has 0 aliphatic rings. The zero-order valence-electron chi connectivity index (χ0n) is 10.9. The van der Waals surface area contributed by atoms with Crippen LogP contribution < -0.4 is 4.72 Å². The van der Waals surface area contributed by atoms with E-state index in [1.54, 1.807) is 12.1 Å². The molecular formula is C13H10BrN3O2S2. The van der Waals surface area contributed by atoms with E-state index in [9.17, 15) is 8.42 Å². The first-order chi connectivity index (χ1) is 10.0. The Bertz CT molecular complexity index is 922. The number of hydrogen-bond acceptors (Lipinski definition) is 5. The maximum atomic E-state index is 11.8. The van der Waals surface area contributed by atoms with E-state index in [1.807, 2.05) is 18.2 Å². The van der Waals surface area contributed by atoms with Crippen molar-refractivity contribution < 1.29 is 8.42 Å². The molecule has 0 spiro atoms. The second-order valence-corrected chi connectivity index (χ2v) is 8.32. The molecule has 5 nitrogen and oxygen atoms in total. The summed E-state index contributed by atoms with van der Waals surface area (Å²) in [6, 6.07) is 9.07. The van der Waals surface area contributed by atoms with E-state index in [1.165, 1.54) is 24.7 Å². The van der Waals surface area contributed by atoms with Crippen molar-refractivity contribution in [3.63, 3.8) is 0 Å². The van der Waals surface area contributed by atoms with Crippen molar-refractivity contribution in [3.05, 3.63) is 41.1 Å². The molecule has 21 heavy (non-hydrogen) atoms. The summed E-state index contributed by atoms with van der Waals surface area (Å²) in [4.78, 5) is 9.31. The standard InChI is InChI=1S/C13H10BrN3O2S2/c1-15-21(18,19)12-5-4-11(20-12)13-9-6-8(14)2-3-10(9)16-7-17-13/h2-7,15H,1H3. The number of hydrogen-bond donors (Lipinski definition) is 1. The van der Waals surface area contributed by atoms with E-state index in [0.717, 1.165) is 25.9 Å². The molecule has 3 aromatic rings. The second kappa shape index (κ2) is 5.45. The highest BCUT2D eigenvalue weighted by molar-refractivity contribution is 9.10. The van der Waals surface area contributed by atoms with Crippen LogP contribution in [0.25, 0.3) is 21.5 Å². The summed E-state index contributed by atoms with van der Waals surface area (Å²) in [5.41, 5.74) is 1.54. The van der Waals surface area contributed by atoms with Gasteiger partial charge >= 0.3 is 0 Å². The van der Waals surface area contributed by atoms with Gasteiger partial charge in [0.25, 0.3) is 0 Å². The molecule has 0 radical (unpaired) electrons. The highest BCUT2D eigenvalue weighted by Gasteiger charge is 2.16. The van der Waals surface area contributed by atoms with Crippen molar-refractivity contribution in [1.82, 2.24) is 14.7 Å². The van der Waals surface area contributed by atoms with Gasteiger partial charge in [0.05, 0.1) is 16.1 Å². The summed E-state index contributed by atoms with van der Waals surface area (Å²) in [7, 11) is -2.04. The van der Waals surface area contributed by atoms with E-state index in [2.05, 4.69) is 30.6 Å². The number of rotatable bonds is 3. The highest BCUT2D eigenvalue weighted by atomic mass is 79.9. The highest BCUT2D eigenvalue weighted by Crippen LogP contribution is 2.33. The molecule has 1 N–H and O–H groups in total. The summed E-state index contributed by atoms with van der Waals surface area (Å²) in [6.07, 6.45) is 1.48. The Balaban J connectivity index is 2.20. The van der Waals surface area contributed by atoms with Gasteiger partial charge in [-0.15, -0.1) is 11.3 Å². The first-order valence-corrected chi connectivity index (χ1v) is 9.04. The summed E-state index contributed by atoms with van der Waals surface area (Å²) >= 11 is 4.61. The molecule has 0 atom stereocenters. The Morgan fingerprint density at radius 2 is 2.00 bits per heavy atom. The lowest BCUT2D eigenvalue weighted by molar-refractivity contribution is 0.590. The van der Waals surface area contributed by atoms with E-state index >= 15 is 0 Å². The average molecular weight is 384 g/mol. The van der Waals surface area contributed by atoms with Crippen LogP contribution in [0.2, 0.25) is 0 Å². The molecule has 0 saturated heterocycles. The second-order valence-electron chi connectivity index (χ2n) is 4.21. The van der Waals surface area contributed by atoms with Gasteiger partial charge in [-0.3, -0.25) is 0 Å². The zero-order valence-corrected chi connectivity index (χ0v) is 14.1. The summed E-state index contributed by atoms with van der Waals surface area (Å²) in [5, 5.41) is 0.877. The number of halogens is 1. The van der Waals surface area contributed by atoms with Gasteiger partial charge in [0.2, 0.25) is 10.0 Å². The van der Waals surface area contributed by atoms with Crippen LogP contribution in [0.4, 0.5) is 0 Å². The third-order valence-corrected chi connectivity index (χ3v) is 6.44. The minimum atomic E-state index is -3.43. The maximum Gasteiger partial charge on any atom is 0.249 e. The number of nitrogens with zero attached hydrogens (tertiary/aromatic N) is 2. The number of nitrogens with one attached hydrogen (secondary N) is 1. The number of aromatic nitrogens is 2. The Kier molecular flexibility index (Phi) is 3.78. The van der Waals surface area contributed by atoms with Crippen LogP contribution in [0.15, 0.2) is 45.3 Å². The molecular weight excluding hydrogens is 374 g/mol. The third kappa shape index (κ3) is 2.71. The third-order valence-electron chi connectivity index (χ3n) is 2.95. The smallest absolute Gasteiger partial charge is 0.236 e. The first kappa shape index (κ1) is 14.6. The SMILES string of the molecule is CNS(=O)(=O)c1ccc(-c2ncnc3ccc(Br)cc23)s1. The van der Waals surface area contributed by atoms with E-state index in [0.29, 0.717) is 0 Å². The molecule has 3 rings (SSSR count). The lowest BCUT2D eigenvalue weighted by Crippen LogP contribution is -2.17. The lowest BCUT2D eigenvalue weighted by Gasteiger charge is -2.03. The maximum absolute atomic E-state index is 11.8. The van der Waals surface area contributed by atoms with Gasteiger partial charge in [-0.05, 0) is 37.4 Å². The van der Waals surface area contributed by atoms with Gasteiger partial charge in [0.15, 0.2) is 0 Å². The lowest BCUT2D eigenvalue weighted by atomic mass is 10.1. The van der Waals surface area contributed by atoms with Gasteiger partial charge in [0, 0.05) is 9.86 Å². The number of benzene rings is 1. The first-order valence-electron chi connectivity index (χ1n) is 5.95. The van der Waals surface area contributed by atoms with Crippen LogP contribution in [-0.2, 0) is 10.0 Å². The monoisotopic (exact) mass is 383 g/mol. The number of thiophene rings is 1. The van der Waals surface area contributed by atoms with E-state index in [-0.39, 0.29) is 4.21 Å². The summed E-state index contributed by atoms with van der Waals surface area (Å²) < 4.78 is 27.1. The largest absolute Gasteiger partial charge is 0.249 e. The molecule has 0 fully saturated rings. The molecule has 0 bridgehead atoms. The fraction of sp³-hybridized carbons (Fsp3) is 0.0769. The Morgan fingerprint density at radius 3 is 2.76 bits per heavy atom. The van der Waals surface area contributed by atoms with Gasteiger partial charge in [0.1, 0.15) is 10.5 Å². The van der Waals surface area contributed by atoms with Gasteiger partial charge in [-0.2, -0.15) is 0 Å². The number of fused-ring (bicyclic) bond motifs is 1. The number of sulfonamides is 1. The molecule has 108 valence electrons. The van der Waals surface area contributed by atoms with Crippen molar-refractivity contribution in [2.24, 2.45) is 0 Å². The molecule has 1 aromatic carbocycles. The zero-order chi connectivity index (χ0) is 15.0. The Morgan fingerprint density at radius 1 is 1.19 bits per heavy atom. The van der Waals surface area contributed by atoms with Crippen LogP contribution in [0.1, 0.15) is 0 Å². The van der Waals surface area contributed by atoms with Crippen LogP contribution >= 0.6 is 27.3 Å². The minimum Gasteiger partial charge on any atom is -0.236 e. The van der Waals surface area contributed by atoms with Crippen LogP contribution in [0.5, 0.6) is 0 Å². The molecule has 2 aromatic heterocycles. The molecule has 0 amide bonds. The minimum absolute atomic E-state index is 0.266.